The molecule has 2 rings (SSSR count). The van der Waals surface area contributed by atoms with Crippen molar-refractivity contribution in [3.8, 4) is 0 Å². The number of benzene rings is 2. The quantitative estimate of drug-likeness (QED) is 0.628. The predicted octanol–water partition coefficient (Wildman–Crippen LogP) is 2.90. The van der Waals surface area contributed by atoms with Crippen molar-refractivity contribution in [2.75, 3.05) is 0 Å². The minimum atomic E-state index is -1.18. The van der Waals surface area contributed by atoms with Gasteiger partial charge in [-0.15, -0.1) is 0 Å². The SMILES string of the molecule is O=[N+]([O-])c1ccc(S(=O)Cc2ccccc2)cc1. The second-order valence-corrected chi connectivity index (χ2v) is 5.18. The molecule has 0 amide bonds. The van der Waals surface area contributed by atoms with Gasteiger partial charge in [-0.2, -0.15) is 0 Å². The number of hydrogen-bond donors (Lipinski definition) is 0. The molecule has 0 saturated carbocycles. The Hall–Kier alpha value is -2.01. The molecule has 5 heteroatoms. The highest BCUT2D eigenvalue weighted by atomic mass is 32.2. The lowest BCUT2D eigenvalue weighted by Crippen LogP contribution is -1.96. The largest absolute Gasteiger partial charge is 0.269 e. The van der Waals surface area contributed by atoms with E-state index < -0.39 is 15.7 Å². The second-order valence-electron chi connectivity index (χ2n) is 3.73. The Labute approximate surface area is 107 Å². The molecule has 0 bridgehead atoms. The molecule has 2 aromatic carbocycles. The van der Waals surface area contributed by atoms with Crippen LogP contribution in [0.5, 0.6) is 0 Å². The number of nitrogens with zero attached hydrogens (tertiary/aromatic N) is 1. The van der Waals surface area contributed by atoms with E-state index >= 15 is 0 Å². The standard InChI is InChI=1S/C13H11NO3S/c15-14(16)12-6-8-13(9-7-12)18(17)10-11-4-2-1-3-5-11/h1-9H,10H2. The van der Waals surface area contributed by atoms with Crippen molar-refractivity contribution in [2.45, 2.75) is 10.6 Å². The summed E-state index contributed by atoms with van der Waals surface area (Å²) in [5.41, 5.74) is 0.990. The summed E-state index contributed by atoms with van der Waals surface area (Å²) in [7, 11) is -1.18. The lowest BCUT2D eigenvalue weighted by molar-refractivity contribution is -0.384. The Bertz CT molecular complexity index is 567. The van der Waals surface area contributed by atoms with Crippen molar-refractivity contribution in [3.05, 3.63) is 70.3 Å². The van der Waals surface area contributed by atoms with E-state index in [0.29, 0.717) is 10.6 Å². The van der Waals surface area contributed by atoms with Crippen molar-refractivity contribution in [1.29, 1.82) is 0 Å². The highest BCUT2D eigenvalue weighted by Gasteiger charge is 2.08. The van der Waals surface area contributed by atoms with E-state index in [1.807, 2.05) is 30.3 Å². The summed E-state index contributed by atoms with van der Waals surface area (Å²) >= 11 is 0. The van der Waals surface area contributed by atoms with Gasteiger partial charge in [-0.3, -0.25) is 14.3 Å². The first-order valence-corrected chi connectivity index (χ1v) is 6.65. The maximum atomic E-state index is 12.0. The van der Waals surface area contributed by atoms with Gasteiger partial charge in [0.05, 0.1) is 21.5 Å². The van der Waals surface area contributed by atoms with Gasteiger partial charge >= 0.3 is 0 Å². The van der Waals surface area contributed by atoms with Gasteiger partial charge in [0.25, 0.3) is 5.69 Å². The lowest BCUT2D eigenvalue weighted by atomic mass is 10.2. The van der Waals surface area contributed by atoms with Gasteiger partial charge in [0.15, 0.2) is 0 Å². The fourth-order valence-corrected chi connectivity index (χ4v) is 2.63. The molecule has 0 N–H and O–H groups in total. The van der Waals surface area contributed by atoms with Crippen LogP contribution in [0.3, 0.4) is 0 Å². The Morgan fingerprint density at radius 1 is 1.00 bits per heavy atom. The molecule has 0 aliphatic heterocycles. The van der Waals surface area contributed by atoms with Crippen molar-refractivity contribution < 1.29 is 9.13 Å². The van der Waals surface area contributed by atoms with Crippen LogP contribution in [0.25, 0.3) is 0 Å². The van der Waals surface area contributed by atoms with E-state index in [-0.39, 0.29) is 5.69 Å². The average molecular weight is 261 g/mol. The fraction of sp³-hybridized carbons (Fsp3) is 0.0769. The molecule has 2 aromatic rings. The number of nitro benzene ring substituents is 1. The minimum Gasteiger partial charge on any atom is -0.258 e. The number of hydrogen-bond acceptors (Lipinski definition) is 3. The third-order valence-corrected chi connectivity index (χ3v) is 3.84. The number of nitro groups is 1. The summed E-state index contributed by atoms with van der Waals surface area (Å²) in [4.78, 5) is 10.6. The fourth-order valence-electron chi connectivity index (χ4n) is 1.53. The van der Waals surface area contributed by atoms with Crippen LogP contribution in [0.1, 0.15) is 5.56 Å². The molecule has 18 heavy (non-hydrogen) atoms. The molecule has 0 heterocycles. The number of rotatable bonds is 4. The maximum absolute atomic E-state index is 12.0. The first-order valence-electron chi connectivity index (χ1n) is 5.33. The third kappa shape index (κ3) is 3.01. The summed E-state index contributed by atoms with van der Waals surface area (Å²) in [6.07, 6.45) is 0. The van der Waals surface area contributed by atoms with Gasteiger partial charge in [0, 0.05) is 17.0 Å². The van der Waals surface area contributed by atoms with Gasteiger partial charge in [-0.25, -0.2) is 0 Å². The predicted molar refractivity (Wildman–Crippen MR) is 69.7 cm³/mol. The van der Waals surface area contributed by atoms with Gasteiger partial charge in [0.2, 0.25) is 0 Å². The zero-order valence-electron chi connectivity index (χ0n) is 9.48. The first-order chi connectivity index (χ1) is 8.66. The lowest BCUT2D eigenvalue weighted by Gasteiger charge is -2.02. The van der Waals surface area contributed by atoms with Crippen molar-refractivity contribution in [2.24, 2.45) is 0 Å². The van der Waals surface area contributed by atoms with Crippen molar-refractivity contribution >= 4 is 16.5 Å². The monoisotopic (exact) mass is 261 g/mol. The van der Waals surface area contributed by atoms with E-state index in [2.05, 4.69) is 0 Å². The number of non-ortho nitro benzene ring substituents is 1. The highest BCUT2D eigenvalue weighted by Crippen LogP contribution is 2.16. The molecule has 4 nitrogen and oxygen atoms in total. The zero-order valence-corrected chi connectivity index (χ0v) is 10.3. The first kappa shape index (κ1) is 12.4. The van der Waals surface area contributed by atoms with E-state index in [1.54, 1.807) is 0 Å². The molecule has 92 valence electrons. The Morgan fingerprint density at radius 3 is 2.17 bits per heavy atom. The topological polar surface area (TPSA) is 60.2 Å². The van der Waals surface area contributed by atoms with Crippen LogP contribution in [0.15, 0.2) is 59.5 Å². The molecule has 0 saturated heterocycles. The van der Waals surface area contributed by atoms with E-state index in [0.717, 1.165) is 5.56 Å². The van der Waals surface area contributed by atoms with Crippen LogP contribution in [0.2, 0.25) is 0 Å². The van der Waals surface area contributed by atoms with E-state index in [4.69, 9.17) is 0 Å². The van der Waals surface area contributed by atoms with E-state index in [1.165, 1.54) is 24.3 Å². The molecule has 0 aliphatic carbocycles. The molecule has 0 aromatic heterocycles. The minimum absolute atomic E-state index is 0.00969. The van der Waals surface area contributed by atoms with Gasteiger partial charge in [-0.05, 0) is 17.7 Å². The Morgan fingerprint density at radius 2 is 1.61 bits per heavy atom. The van der Waals surface area contributed by atoms with Gasteiger partial charge in [0.1, 0.15) is 0 Å². The molecule has 0 fully saturated rings. The molecule has 0 radical (unpaired) electrons. The summed E-state index contributed by atoms with van der Waals surface area (Å²) in [5, 5.41) is 10.5. The van der Waals surface area contributed by atoms with Crippen molar-refractivity contribution in [1.82, 2.24) is 0 Å². The summed E-state index contributed by atoms with van der Waals surface area (Å²) in [5.74, 6) is 0.415. The normalized spacial score (nSPS) is 12.0. The third-order valence-electron chi connectivity index (χ3n) is 2.45. The Kier molecular flexibility index (Phi) is 3.84. The second kappa shape index (κ2) is 5.55. The molecule has 0 aliphatic rings. The summed E-state index contributed by atoms with van der Waals surface area (Å²) < 4.78 is 12.0. The van der Waals surface area contributed by atoms with Crippen molar-refractivity contribution in [3.63, 3.8) is 0 Å². The maximum Gasteiger partial charge on any atom is 0.269 e. The van der Waals surface area contributed by atoms with Gasteiger partial charge in [-0.1, -0.05) is 30.3 Å². The highest BCUT2D eigenvalue weighted by molar-refractivity contribution is 7.84. The van der Waals surface area contributed by atoms with E-state index in [9.17, 15) is 14.3 Å². The Balaban J connectivity index is 2.12. The summed E-state index contributed by atoms with van der Waals surface area (Å²) in [6, 6.07) is 15.3. The smallest absolute Gasteiger partial charge is 0.258 e. The van der Waals surface area contributed by atoms with Crippen LogP contribution < -0.4 is 0 Å². The molecule has 1 atom stereocenters. The average Bonchev–Trinajstić information content (AvgIpc) is 2.40. The molecular formula is C13H11NO3S. The molecule has 1 unspecified atom stereocenters. The van der Waals surface area contributed by atoms with Gasteiger partial charge < -0.3 is 0 Å². The molecular weight excluding hydrogens is 250 g/mol. The van der Waals surface area contributed by atoms with Crippen LogP contribution in [0.4, 0.5) is 5.69 Å². The van der Waals surface area contributed by atoms with Crippen LogP contribution >= 0.6 is 0 Å². The van der Waals surface area contributed by atoms with Crippen LogP contribution in [-0.2, 0) is 16.6 Å². The zero-order chi connectivity index (χ0) is 13.0. The van der Waals surface area contributed by atoms with Crippen LogP contribution in [-0.4, -0.2) is 9.13 Å². The summed E-state index contributed by atoms with van der Waals surface area (Å²) in [6.45, 7) is 0. The van der Waals surface area contributed by atoms with Crippen LogP contribution in [0, 0.1) is 10.1 Å². The molecule has 0 spiro atoms.